The summed E-state index contributed by atoms with van der Waals surface area (Å²) in [6.07, 6.45) is 1.49. The fourth-order valence-electron chi connectivity index (χ4n) is 1.78. The van der Waals surface area contributed by atoms with Crippen molar-refractivity contribution in [3.05, 3.63) is 29.8 Å². The van der Waals surface area contributed by atoms with Gasteiger partial charge in [-0.05, 0) is 31.9 Å². The highest BCUT2D eigenvalue weighted by molar-refractivity contribution is 7.87. The van der Waals surface area contributed by atoms with Crippen LogP contribution in [-0.2, 0) is 14.9 Å². The van der Waals surface area contributed by atoms with Crippen molar-refractivity contribution in [2.45, 2.75) is 25.9 Å². The van der Waals surface area contributed by atoms with Gasteiger partial charge in [0.2, 0.25) is 0 Å². The zero-order valence-corrected chi connectivity index (χ0v) is 10.6. The Kier molecular flexibility index (Phi) is 3.69. The first-order chi connectivity index (χ1) is 8.05. The molecule has 1 heterocycles. The van der Waals surface area contributed by atoms with Crippen LogP contribution in [0.15, 0.2) is 24.3 Å². The zero-order valence-electron chi connectivity index (χ0n) is 9.76. The molecule has 0 N–H and O–H groups in total. The van der Waals surface area contributed by atoms with Gasteiger partial charge in [-0.1, -0.05) is 17.7 Å². The Morgan fingerprint density at radius 2 is 2.06 bits per heavy atom. The lowest BCUT2D eigenvalue weighted by atomic mass is 10.2. The highest BCUT2D eigenvalue weighted by Crippen LogP contribution is 2.18. The fraction of sp³-hybridized carbons (Fsp3) is 0.500. The van der Waals surface area contributed by atoms with Crippen molar-refractivity contribution in [2.75, 3.05) is 12.4 Å². The summed E-state index contributed by atoms with van der Waals surface area (Å²) in [6.45, 7) is 2.58. The zero-order chi connectivity index (χ0) is 12.3. The molecule has 1 unspecified atom stereocenters. The van der Waals surface area contributed by atoms with Crippen LogP contribution in [0.5, 0.6) is 5.75 Å². The average Bonchev–Trinajstić information content (AvgIpc) is 2.73. The molecule has 0 bridgehead atoms. The van der Waals surface area contributed by atoms with Crippen LogP contribution in [0.3, 0.4) is 0 Å². The Morgan fingerprint density at radius 3 is 2.65 bits per heavy atom. The monoisotopic (exact) mass is 256 g/mol. The molecule has 1 fully saturated rings. The molecule has 17 heavy (non-hydrogen) atoms. The van der Waals surface area contributed by atoms with E-state index in [-0.39, 0.29) is 11.9 Å². The number of hydrogen-bond acceptors (Lipinski definition) is 4. The van der Waals surface area contributed by atoms with Crippen molar-refractivity contribution >= 4 is 10.1 Å². The minimum atomic E-state index is -3.56. The van der Waals surface area contributed by atoms with Gasteiger partial charge in [0.05, 0.1) is 6.10 Å². The van der Waals surface area contributed by atoms with Crippen LogP contribution in [0.4, 0.5) is 0 Å². The Bertz CT molecular complexity index is 458. The molecule has 94 valence electrons. The molecule has 4 nitrogen and oxygen atoms in total. The van der Waals surface area contributed by atoms with Gasteiger partial charge in [0.15, 0.2) is 0 Å². The molecule has 1 aliphatic rings. The number of hydrogen-bond donors (Lipinski definition) is 0. The summed E-state index contributed by atoms with van der Waals surface area (Å²) in [4.78, 5) is 0. The van der Waals surface area contributed by atoms with E-state index in [1.165, 1.54) is 0 Å². The van der Waals surface area contributed by atoms with Gasteiger partial charge in [-0.15, -0.1) is 0 Å². The second kappa shape index (κ2) is 5.06. The molecular formula is C12H16O4S. The molecule has 0 saturated carbocycles. The molecule has 5 heteroatoms. The molecule has 0 amide bonds. The number of benzene rings is 1. The maximum Gasteiger partial charge on any atom is 0.311 e. The Morgan fingerprint density at radius 1 is 1.35 bits per heavy atom. The molecule has 1 saturated heterocycles. The van der Waals surface area contributed by atoms with Crippen molar-refractivity contribution in [1.29, 1.82) is 0 Å². The average molecular weight is 256 g/mol. The third kappa shape index (κ3) is 3.71. The lowest BCUT2D eigenvalue weighted by molar-refractivity contribution is 0.126. The summed E-state index contributed by atoms with van der Waals surface area (Å²) in [6, 6.07) is 6.94. The molecule has 1 aromatic carbocycles. The van der Waals surface area contributed by atoms with E-state index in [2.05, 4.69) is 0 Å². The second-order valence-electron chi connectivity index (χ2n) is 4.26. The lowest BCUT2D eigenvalue weighted by Crippen LogP contribution is -2.24. The predicted octanol–water partition coefficient (Wildman–Crippen LogP) is 1.88. The van der Waals surface area contributed by atoms with Gasteiger partial charge in [-0.2, -0.15) is 8.42 Å². The van der Waals surface area contributed by atoms with Gasteiger partial charge in [-0.25, -0.2) is 0 Å². The van der Waals surface area contributed by atoms with Crippen LogP contribution < -0.4 is 4.18 Å². The SMILES string of the molecule is Cc1ccc(OS(=O)(=O)CC2CCCO2)cc1. The van der Waals surface area contributed by atoms with E-state index in [4.69, 9.17) is 8.92 Å². The molecular weight excluding hydrogens is 240 g/mol. The summed E-state index contributed by atoms with van der Waals surface area (Å²) >= 11 is 0. The summed E-state index contributed by atoms with van der Waals surface area (Å²) < 4.78 is 33.8. The summed E-state index contributed by atoms with van der Waals surface area (Å²) in [7, 11) is -3.56. The minimum absolute atomic E-state index is 0.0686. The maximum atomic E-state index is 11.7. The Labute approximate surface area is 102 Å². The van der Waals surface area contributed by atoms with Crippen LogP contribution in [0, 0.1) is 6.92 Å². The quantitative estimate of drug-likeness (QED) is 0.772. The lowest BCUT2D eigenvalue weighted by Gasteiger charge is -2.11. The predicted molar refractivity (Wildman–Crippen MR) is 64.6 cm³/mol. The first-order valence-electron chi connectivity index (χ1n) is 5.66. The highest BCUT2D eigenvalue weighted by Gasteiger charge is 2.24. The van der Waals surface area contributed by atoms with E-state index in [0.29, 0.717) is 12.4 Å². The van der Waals surface area contributed by atoms with Crippen molar-refractivity contribution < 1.29 is 17.3 Å². The molecule has 0 radical (unpaired) electrons. The summed E-state index contributed by atoms with van der Waals surface area (Å²) in [5.74, 6) is 0.287. The standard InChI is InChI=1S/C12H16O4S/c1-10-4-6-11(7-5-10)16-17(13,14)9-12-3-2-8-15-12/h4-7,12H,2-3,8-9H2,1H3. The van der Waals surface area contributed by atoms with Crippen LogP contribution in [-0.4, -0.2) is 26.9 Å². The van der Waals surface area contributed by atoms with Gasteiger partial charge >= 0.3 is 10.1 Å². The Balaban J connectivity index is 1.98. The van der Waals surface area contributed by atoms with E-state index in [1.807, 2.05) is 19.1 Å². The van der Waals surface area contributed by atoms with Gasteiger partial charge in [-0.3, -0.25) is 0 Å². The van der Waals surface area contributed by atoms with E-state index in [1.54, 1.807) is 12.1 Å². The normalized spacial score (nSPS) is 20.4. The van der Waals surface area contributed by atoms with Crippen molar-refractivity contribution in [2.24, 2.45) is 0 Å². The molecule has 2 rings (SSSR count). The van der Waals surface area contributed by atoms with E-state index in [0.717, 1.165) is 18.4 Å². The largest absolute Gasteiger partial charge is 0.382 e. The first-order valence-corrected chi connectivity index (χ1v) is 7.23. The maximum absolute atomic E-state index is 11.7. The second-order valence-corrected chi connectivity index (χ2v) is 5.87. The minimum Gasteiger partial charge on any atom is -0.382 e. The Hall–Kier alpha value is -1.07. The van der Waals surface area contributed by atoms with Crippen molar-refractivity contribution in [1.82, 2.24) is 0 Å². The molecule has 0 spiro atoms. The van der Waals surface area contributed by atoms with E-state index in [9.17, 15) is 8.42 Å². The smallest absolute Gasteiger partial charge is 0.311 e. The first kappa shape index (κ1) is 12.4. The highest BCUT2D eigenvalue weighted by atomic mass is 32.2. The molecule has 1 atom stereocenters. The van der Waals surface area contributed by atoms with Crippen LogP contribution in [0.25, 0.3) is 0 Å². The van der Waals surface area contributed by atoms with Crippen LogP contribution >= 0.6 is 0 Å². The number of ether oxygens (including phenoxy) is 1. The number of aryl methyl sites for hydroxylation is 1. The van der Waals surface area contributed by atoms with Gasteiger partial charge in [0, 0.05) is 6.61 Å². The van der Waals surface area contributed by atoms with E-state index >= 15 is 0 Å². The third-order valence-electron chi connectivity index (χ3n) is 2.66. The van der Waals surface area contributed by atoms with Gasteiger partial charge in [0.25, 0.3) is 0 Å². The third-order valence-corrected chi connectivity index (χ3v) is 3.88. The molecule has 1 aliphatic heterocycles. The van der Waals surface area contributed by atoms with E-state index < -0.39 is 10.1 Å². The topological polar surface area (TPSA) is 52.6 Å². The van der Waals surface area contributed by atoms with Crippen molar-refractivity contribution in [3.63, 3.8) is 0 Å². The fourth-order valence-corrected chi connectivity index (χ4v) is 2.97. The molecule has 0 aliphatic carbocycles. The van der Waals surface area contributed by atoms with Gasteiger partial charge < -0.3 is 8.92 Å². The molecule has 1 aromatic rings. The van der Waals surface area contributed by atoms with Gasteiger partial charge in [0.1, 0.15) is 11.5 Å². The van der Waals surface area contributed by atoms with Crippen LogP contribution in [0.2, 0.25) is 0 Å². The number of rotatable bonds is 4. The van der Waals surface area contributed by atoms with Crippen LogP contribution in [0.1, 0.15) is 18.4 Å². The molecule has 0 aromatic heterocycles. The summed E-state index contributed by atoms with van der Waals surface area (Å²) in [5.41, 5.74) is 1.06. The van der Waals surface area contributed by atoms with Crippen molar-refractivity contribution in [3.8, 4) is 5.75 Å². The summed E-state index contributed by atoms with van der Waals surface area (Å²) in [5, 5.41) is 0.